The largest absolute Gasteiger partial charge is 0.357 e. The van der Waals surface area contributed by atoms with Crippen LogP contribution in [0.25, 0.3) is 32.3 Å². The first-order valence-corrected chi connectivity index (χ1v) is 9.55. The molecule has 0 fully saturated rings. The Hall–Kier alpha value is -1.94. The molecule has 0 N–H and O–H groups in total. The highest BCUT2D eigenvalue weighted by molar-refractivity contribution is 6.55. The molecule has 2 radical (unpaired) electrons. The molecule has 0 saturated carbocycles. The third-order valence-corrected chi connectivity index (χ3v) is 5.57. The first-order valence-electron chi connectivity index (χ1n) is 8.47. The van der Waals surface area contributed by atoms with Crippen LogP contribution in [-0.2, 0) is 9.47 Å². The summed E-state index contributed by atoms with van der Waals surface area (Å²) >= 11 is 0. The van der Waals surface area contributed by atoms with E-state index in [1.54, 1.807) is 0 Å². The van der Waals surface area contributed by atoms with Gasteiger partial charge in [-0.1, -0.05) is 59.8 Å². The summed E-state index contributed by atoms with van der Waals surface area (Å²) in [5.74, 6) is -0.145. The van der Waals surface area contributed by atoms with Gasteiger partial charge in [0, 0.05) is 13.2 Å². The van der Waals surface area contributed by atoms with Crippen molar-refractivity contribution in [1.29, 1.82) is 0 Å². The van der Waals surface area contributed by atoms with Gasteiger partial charge in [0.05, 0.1) is 0 Å². The smallest absolute Gasteiger partial charge is 0.157 e. The molecule has 0 saturated heterocycles. The summed E-state index contributed by atoms with van der Waals surface area (Å²) in [5, 5.41) is 9.23. The molecule has 0 unspecified atom stereocenters. The molecule has 0 bridgehead atoms. The molecular formula is C21H20O2Si. The van der Waals surface area contributed by atoms with Crippen molar-refractivity contribution >= 4 is 47.0 Å². The lowest BCUT2D eigenvalue weighted by molar-refractivity contribution is -0.0817. The Labute approximate surface area is 144 Å². The van der Waals surface area contributed by atoms with Crippen LogP contribution < -0.4 is 5.19 Å². The summed E-state index contributed by atoms with van der Waals surface area (Å²) in [4.78, 5) is 0. The summed E-state index contributed by atoms with van der Waals surface area (Å²) in [7, 11) is 0.491. The highest BCUT2D eigenvalue weighted by atomic mass is 28.2. The van der Waals surface area contributed by atoms with Crippen LogP contribution in [0, 0.1) is 0 Å². The summed E-state index contributed by atoms with van der Waals surface area (Å²) in [6.45, 7) is 5.37. The summed E-state index contributed by atoms with van der Waals surface area (Å²) < 4.78 is 11.5. The third-order valence-electron chi connectivity index (χ3n) is 4.38. The van der Waals surface area contributed by atoms with Crippen LogP contribution >= 0.6 is 0 Å². The van der Waals surface area contributed by atoms with Gasteiger partial charge in [-0.25, -0.2) is 0 Å². The predicted molar refractivity (Wildman–Crippen MR) is 103 cm³/mol. The van der Waals surface area contributed by atoms with Gasteiger partial charge in [-0.2, -0.15) is 0 Å². The summed E-state index contributed by atoms with van der Waals surface area (Å²) in [6.07, 6.45) is 0. The molecule has 4 aromatic rings. The zero-order chi connectivity index (χ0) is 16.5. The molecule has 0 heterocycles. The van der Waals surface area contributed by atoms with Crippen molar-refractivity contribution in [2.75, 3.05) is 13.2 Å². The third kappa shape index (κ3) is 2.69. The molecular weight excluding hydrogens is 312 g/mol. The van der Waals surface area contributed by atoms with Gasteiger partial charge in [0.1, 0.15) is 5.91 Å². The Morgan fingerprint density at radius 3 is 1.79 bits per heavy atom. The second kappa shape index (κ2) is 6.52. The minimum Gasteiger partial charge on any atom is -0.357 e. The molecule has 3 heteroatoms. The SMILES string of the molecule is CCOC(OCC)[Si]c1cc2ccc3cccc4ccc(c1)c2c34. The minimum atomic E-state index is -0.145. The van der Waals surface area contributed by atoms with Crippen LogP contribution in [0.3, 0.4) is 0 Å². The van der Waals surface area contributed by atoms with Crippen LogP contribution in [0.5, 0.6) is 0 Å². The van der Waals surface area contributed by atoms with Crippen molar-refractivity contribution in [1.82, 2.24) is 0 Å². The van der Waals surface area contributed by atoms with Crippen molar-refractivity contribution in [3.8, 4) is 0 Å². The van der Waals surface area contributed by atoms with E-state index in [2.05, 4.69) is 54.6 Å². The van der Waals surface area contributed by atoms with Crippen molar-refractivity contribution in [2.45, 2.75) is 19.8 Å². The molecule has 2 nitrogen and oxygen atoms in total. The van der Waals surface area contributed by atoms with Crippen LogP contribution in [0.4, 0.5) is 0 Å². The monoisotopic (exact) mass is 332 g/mol. The topological polar surface area (TPSA) is 18.5 Å². The Bertz CT molecular complexity index is 910. The molecule has 0 spiro atoms. The van der Waals surface area contributed by atoms with Gasteiger partial charge in [0.25, 0.3) is 0 Å². The van der Waals surface area contributed by atoms with Crippen LogP contribution in [-0.4, -0.2) is 28.6 Å². The van der Waals surface area contributed by atoms with Crippen molar-refractivity contribution in [3.63, 3.8) is 0 Å². The van der Waals surface area contributed by atoms with E-state index in [1.165, 1.54) is 37.5 Å². The van der Waals surface area contributed by atoms with Crippen molar-refractivity contribution in [3.05, 3.63) is 54.6 Å². The maximum absolute atomic E-state index is 5.73. The Morgan fingerprint density at radius 1 is 0.750 bits per heavy atom. The number of ether oxygens (including phenoxy) is 2. The fourth-order valence-electron chi connectivity index (χ4n) is 3.41. The molecule has 0 amide bonds. The fraction of sp³-hybridized carbons (Fsp3) is 0.238. The van der Waals surface area contributed by atoms with E-state index >= 15 is 0 Å². The van der Waals surface area contributed by atoms with E-state index in [-0.39, 0.29) is 5.91 Å². The van der Waals surface area contributed by atoms with Crippen LogP contribution in [0.2, 0.25) is 0 Å². The lowest BCUT2D eigenvalue weighted by Gasteiger charge is -2.17. The average Bonchev–Trinajstić information content (AvgIpc) is 2.60. The zero-order valence-electron chi connectivity index (χ0n) is 14.0. The highest BCUT2D eigenvalue weighted by Gasteiger charge is 2.14. The van der Waals surface area contributed by atoms with Gasteiger partial charge in [-0.05, 0) is 46.2 Å². The lowest BCUT2D eigenvalue weighted by atomic mass is 9.94. The van der Waals surface area contributed by atoms with Gasteiger partial charge in [-0.3, -0.25) is 0 Å². The Balaban J connectivity index is 1.84. The fourth-order valence-corrected chi connectivity index (χ4v) is 4.66. The molecule has 0 aliphatic heterocycles. The molecule has 0 aromatic heterocycles. The first kappa shape index (κ1) is 15.6. The van der Waals surface area contributed by atoms with Crippen LogP contribution in [0.15, 0.2) is 54.6 Å². The maximum atomic E-state index is 5.73. The van der Waals surface area contributed by atoms with E-state index < -0.39 is 0 Å². The van der Waals surface area contributed by atoms with Gasteiger partial charge in [0.2, 0.25) is 0 Å². The molecule has 0 aliphatic rings. The van der Waals surface area contributed by atoms with Crippen LogP contribution in [0.1, 0.15) is 13.8 Å². The Morgan fingerprint density at radius 2 is 1.25 bits per heavy atom. The lowest BCUT2D eigenvalue weighted by Crippen LogP contribution is -2.33. The molecule has 120 valence electrons. The molecule has 24 heavy (non-hydrogen) atoms. The average molecular weight is 332 g/mol. The first-order chi connectivity index (χ1) is 11.8. The van der Waals surface area contributed by atoms with E-state index in [0.717, 1.165) is 0 Å². The quantitative estimate of drug-likeness (QED) is 0.298. The molecule has 4 rings (SSSR count). The highest BCUT2D eigenvalue weighted by Crippen LogP contribution is 2.33. The van der Waals surface area contributed by atoms with Gasteiger partial charge in [0.15, 0.2) is 9.52 Å². The number of hydrogen-bond donors (Lipinski definition) is 0. The van der Waals surface area contributed by atoms with E-state index in [9.17, 15) is 0 Å². The van der Waals surface area contributed by atoms with E-state index in [0.29, 0.717) is 22.7 Å². The zero-order valence-corrected chi connectivity index (χ0v) is 15.0. The minimum absolute atomic E-state index is 0.145. The van der Waals surface area contributed by atoms with Gasteiger partial charge < -0.3 is 9.47 Å². The molecule has 4 aromatic carbocycles. The summed E-state index contributed by atoms with van der Waals surface area (Å²) in [5.41, 5.74) is 0. The van der Waals surface area contributed by atoms with Crippen molar-refractivity contribution in [2.24, 2.45) is 0 Å². The predicted octanol–water partition coefficient (Wildman–Crippen LogP) is 4.27. The van der Waals surface area contributed by atoms with E-state index in [1.807, 2.05) is 13.8 Å². The molecule has 0 atom stereocenters. The number of hydrogen-bond acceptors (Lipinski definition) is 2. The normalized spacial score (nSPS) is 12.1. The van der Waals surface area contributed by atoms with Gasteiger partial charge >= 0.3 is 0 Å². The van der Waals surface area contributed by atoms with Crippen molar-refractivity contribution < 1.29 is 9.47 Å². The molecule has 0 aliphatic carbocycles. The second-order valence-electron chi connectivity index (χ2n) is 5.89. The van der Waals surface area contributed by atoms with Gasteiger partial charge in [-0.15, -0.1) is 0 Å². The second-order valence-corrected chi connectivity index (χ2v) is 7.23. The summed E-state index contributed by atoms with van der Waals surface area (Å²) in [6, 6.07) is 20.0. The number of benzene rings is 4. The maximum Gasteiger partial charge on any atom is 0.157 e. The Kier molecular flexibility index (Phi) is 4.23. The van der Waals surface area contributed by atoms with E-state index in [4.69, 9.17) is 9.47 Å². The standard InChI is InChI=1S/C21H20O2Si/c1-3-22-21(23-4-2)24-18-12-16-10-8-14-6-5-7-15-9-11-17(13-18)20(16)19(14)15/h5-13,21H,3-4H2,1-2H3. The number of rotatable bonds is 6.